The summed E-state index contributed by atoms with van der Waals surface area (Å²) < 4.78 is 41.5. The quantitative estimate of drug-likeness (QED) is 0.529. The number of H-pyrrole nitrogens is 1. The van der Waals surface area contributed by atoms with Gasteiger partial charge in [-0.3, -0.25) is 19.0 Å². The maximum Gasteiger partial charge on any atom is 0.330 e. The Hall–Kier alpha value is -1.67. The topological polar surface area (TPSA) is 119 Å². The van der Waals surface area contributed by atoms with Crippen LogP contribution in [0.3, 0.4) is 0 Å². The number of rotatable bonds is 9. The molecule has 10 nitrogen and oxygen atoms in total. The fraction of sp³-hybridized carbons (Fsp3) is 0.762. The lowest BCUT2D eigenvalue weighted by molar-refractivity contribution is -0.199. The van der Waals surface area contributed by atoms with Gasteiger partial charge >= 0.3 is 5.69 Å². The van der Waals surface area contributed by atoms with Crippen molar-refractivity contribution in [2.24, 2.45) is 0 Å². The molecule has 0 spiro atoms. The highest BCUT2D eigenvalue weighted by atomic mass is 31.2. The zero-order chi connectivity index (χ0) is 24.5. The first-order valence-corrected chi connectivity index (χ1v) is 12.4. The Labute approximate surface area is 193 Å². The number of aromatic amines is 1. The van der Waals surface area contributed by atoms with Crippen molar-refractivity contribution in [3.8, 4) is 6.07 Å². The van der Waals surface area contributed by atoms with E-state index in [0.717, 1.165) is 10.8 Å². The van der Waals surface area contributed by atoms with Gasteiger partial charge in [0.1, 0.15) is 26.6 Å². The normalized spacial score (nSPS) is 27.3. The molecule has 3 rings (SSSR count). The number of halogens is 1. The second-order valence-electron chi connectivity index (χ2n) is 9.12. The number of ether oxygens (including phenoxy) is 3. The molecule has 2 aliphatic rings. The Morgan fingerprint density at radius 3 is 2.52 bits per heavy atom. The number of nitrogens with one attached hydrogen (secondary N) is 1. The molecule has 1 aromatic rings. The van der Waals surface area contributed by atoms with Crippen molar-refractivity contribution in [1.29, 1.82) is 5.26 Å². The largest absolute Gasteiger partial charge is 0.346 e. The van der Waals surface area contributed by atoms with E-state index >= 15 is 0 Å². The molecular formula is C21H32FN4O6P. The fourth-order valence-corrected chi connectivity index (χ4v) is 6.46. The molecule has 0 amide bonds. The van der Waals surface area contributed by atoms with Crippen LogP contribution < -0.4 is 11.2 Å². The Morgan fingerprint density at radius 1 is 1.27 bits per heavy atom. The highest BCUT2D eigenvalue weighted by Crippen LogP contribution is 2.48. The zero-order valence-corrected chi connectivity index (χ0v) is 20.7. The standard InChI is InChI=1S/C21H32FN4O6P/c1-12(2)26(13(3)4)33(9-7-8-23)29-11-15-16-17(32-21(5,6)31-16)19(30-15)25-10-14(22)18(27)24-20(25)28/h10,12-13,15-17,19H,7,9,11H2,1-6H3,(H,24,27,28)/t15-,16-,17-,19-,33?/m1/s1. The summed E-state index contributed by atoms with van der Waals surface area (Å²) in [6.45, 7) is 12.0. The molecule has 33 heavy (non-hydrogen) atoms. The van der Waals surface area contributed by atoms with E-state index in [1.54, 1.807) is 13.8 Å². The summed E-state index contributed by atoms with van der Waals surface area (Å²) in [6.07, 6.45) is -1.10. The van der Waals surface area contributed by atoms with Gasteiger partial charge in [0.2, 0.25) is 5.82 Å². The van der Waals surface area contributed by atoms with Crippen LogP contribution in [0.1, 0.15) is 54.2 Å². The summed E-state index contributed by atoms with van der Waals surface area (Å²) in [5.41, 5.74) is -1.90. The van der Waals surface area contributed by atoms with Crippen LogP contribution in [-0.2, 0) is 18.7 Å². The molecule has 0 saturated carbocycles. The van der Waals surface area contributed by atoms with Crippen molar-refractivity contribution >= 4 is 8.30 Å². The molecule has 5 atom stereocenters. The fourth-order valence-electron chi connectivity index (χ4n) is 4.33. The summed E-state index contributed by atoms with van der Waals surface area (Å²) in [5, 5.41) is 9.10. The van der Waals surface area contributed by atoms with Crippen molar-refractivity contribution in [2.75, 3.05) is 12.8 Å². The maximum atomic E-state index is 13.9. The Morgan fingerprint density at radius 2 is 1.91 bits per heavy atom. The summed E-state index contributed by atoms with van der Waals surface area (Å²) >= 11 is 0. The molecule has 12 heteroatoms. The SMILES string of the molecule is CC(C)N(C(C)C)P(CCC#N)OC[C@H]1O[C@@H](n2cc(F)c(=O)[nH]c2=O)[C@@H]2OC(C)(C)O[C@@H]21. The molecule has 0 radical (unpaired) electrons. The van der Waals surface area contributed by atoms with Crippen LogP contribution in [-0.4, -0.2) is 63.2 Å². The van der Waals surface area contributed by atoms with Gasteiger partial charge in [-0.2, -0.15) is 9.65 Å². The molecule has 1 unspecified atom stereocenters. The van der Waals surface area contributed by atoms with Gasteiger partial charge in [-0.1, -0.05) is 0 Å². The second kappa shape index (κ2) is 10.3. The molecule has 2 fully saturated rings. The third-order valence-corrected chi connectivity index (χ3v) is 7.93. The van der Waals surface area contributed by atoms with Crippen LogP contribution in [0.4, 0.5) is 4.39 Å². The van der Waals surface area contributed by atoms with E-state index in [9.17, 15) is 14.0 Å². The smallest absolute Gasteiger partial charge is 0.330 e. The lowest BCUT2D eigenvalue weighted by atomic mass is 10.1. The minimum Gasteiger partial charge on any atom is -0.346 e. The van der Waals surface area contributed by atoms with Crippen LogP contribution in [0.2, 0.25) is 0 Å². The lowest BCUT2D eigenvalue weighted by Crippen LogP contribution is -2.38. The predicted molar refractivity (Wildman–Crippen MR) is 119 cm³/mol. The minimum atomic E-state index is -1.10. The van der Waals surface area contributed by atoms with Gasteiger partial charge in [0.05, 0.1) is 18.9 Å². The van der Waals surface area contributed by atoms with Gasteiger partial charge < -0.3 is 18.7 Å². The van der Waals surface area contributed by atoms with Crippen LogP contribution in [0.25, 0.3) is 0 Å². The van der Waals surface area contributed by atoms with Gasteiger partial charge in [0.25, 0.3) is 5.56 Å². The van der Waals surface area contributed by atoms with Crippen molar-refractivity contribution in [3.63, 3.8) is 0 Å². The third kappa shape index (κ3) is 5.70. The molecule has 184 valence electrons. The molecule has 1 N–H and O–H groups in total. The highest BCUT2D eigenvalue weighted by Gasteiger charge is 2.56. The van der Waals surface area contributed by atoms with Gasteiger partial charge in [0, 0.05) is 24.7 Å². The molecule has 1 aromatic heterocycles. The number of aromatic nitrogens is 2. The number of hydrogen-bond acceptors (Lipinski definition) is 8. The van der Waals surface area contributed by atoms with Gasteiger partial charge in [-0.15, -0.1) is 0 Å². The zero-order valence-electron chi connectivity index (χ0n) is 19.8. The average Bonchev–Trinajstić information content (AvgIpc) is 3.19. The van der Waals surface area contributed by atoms with Gasteiger partial charge in [-0.25, -0.2) is 4.79 Å². The van der Waals surface area contributed by atoms with E-state index < -0.39 is 55.7 Å². The maximum absolute atomic E-state index is 13.9. The van der Waals surface area contributed by atoms with Crippen molar-refractivity contribution in [3.05, 3.63) is 32.9 Å². The number of fused-ring (bicyclic) bond motifs is 1. The van der Waals surface area contributed by atoms with Crippen molar-refractivity contribution < 1.29 is 23.1 Å². The Bertz CT molecular complexity index is 982. The van der Waals surface area contributed by atoms with E-state index in [1.165, 1.54) is 0 Å². The average molecular weight is 486 g/mol. The van der Waals surface area contributed by atoms with Crippen molar-refractivity contribution in [2.45, 2.75) is 90.4 Å². The summed E-state index contributed by atoms with van der Waals surface area (Å²) in [6, 6.07) is 2.61. The molecule has 3 heterocycles. The van der Waals surface area contributed by atoms with Gasteiger partial charge in [-0.05, 0) is 41.5 Å². The lowest BCUT2D eigenvalue weighted by Gasteiger charge is -2.37. The molecule has 0 aromatic carbocycles. The van der Waals surface area contributed by atoms with E-state index in [2.05, 4.69) is 38.4 Å². The minimum absolute atomic E-state index is 0.144. The molecular weight excluding hydrogens is 454 g/mol. The second-order valence-corrected chi connectivity index (χ2v) is 11.0. The summed E-state index contributed by atoms with van der Waals surface area (Å²) in [7, 11) is -1.09. The Balaban J connectivity index is 1.84. The van der Waals surface area contributed by atoms with Gasteiger partial charge in [0.15, 0.2) is 12.0 Å². The summed E-state index contributed by atoms with van der Waals surface area (Å²) in [5.74, 6) is -2.04. The first-order valence-electron chi connectivity index (χ1n) is 11.0. The first kappa shape index (κ1) is 25.9. The van der Waals surface area contributed by atoms with Crippen LogP contribution in [0.15, 0.2) is 15.8 Å². The van der Waals surface area contributed by atoms with Crippen molar-refractivity contribution in [1.82, 2.24) is 14.2 Å². The van der Waals surface area contributed by atoms with E-state index in [4.69, 9.17) is 24.0 Å². The molecule has 2 saturated heterocycles. The van der Waals surface area contributed by atoms with E-state index in [0.29, 0.717) is 12.6 Å². The predicted octanol–water partition coefficient (Wildman–Crippen LogP) is 2.45. The first-order chi connectivity index (χ1) is 15.4. The molecule has 0 aliphatic carbocycles. The molecule has 2 aliphatic heterocycles. The van der Waals surface area contributed by atoms with E-state index in [-0.39, 0.29) is 18.7 Å². The number of nitrogens with zero attached hydrogens (tertiary/aromatic N) is 3. The van der Waals surface area contributed by atoms with Crippen LogP contribution in [0.5, 0.6) is 0 Å². The van der Waals surface area contributed by atoms with E-state index in [1.807, 2.05) is 4.98 Å². The monoisotopic (exact) mass is 486 g/mol. The van der Waals surface area contributed by atoms with Crippen LogP contribution in [0, 0.1) is 17.1 Å². The number of nitriles is 1. The third-order valence-electron chi connectivity index (χ3n) is 5.44. The summed E-state index contributed by atoms with van der Waals surface area (Å²) in [4.78, 5) is 25.8. The highest BCUT2D eigenvalue weighted by molar-refractivity contribution is 7.50. The molecule has 0 bridgehead atoms. The number of hydrogen-bond donors (Lipinski definition) is 1. The Kier molecular flexibility index (Phi) is 8.10. The van der Waals surface area contributed by atoms with Crippen LogP contribution >= 0.6 is 8.30 Å².